The van der Waals surface area contributed by atoms with Crippen LogP contribution in [-0.4, -0.2) is 24.3 Å². The van der Waals surface area contributed by atoms with Gasteiger partial charge in [-0.15, -0.1) is 0 Å². The summed E-state index contributed by atoms with van der Waals surface area (Å²) in [4.78, 5) is 0.161. The third-order valence-corrected chi connectivity index (χ3v) is 6.24. The van der Waals surface area contributed by atoms with E-state index in [2.05, 4.69) is 0 Å². The van der Waals surface area contributed by atoms with Crippen molar-refractivity contribution in [1.29, 1.82) is 0 Å². The van der Waals surface area contributed by atoms with Crippen LogP contribution in [0.4, 0.5) is 13.2 Å². The van der Waals surface area contributed by atoms with Gasteiger partial charge in [0.25, 0.3) is 0 Å². The molecule has 1 aromatic heterocycles. The topological polar surface area (TPSA) is 59.3 Å². The second kappa shape index (κ2) is 7.87. The Morgan fingerprint density at radius 1 is 0.812 bits per heavy atom. The number of hydrogen-bond acceptors (Lipinski definition) is 3. The molecule has 0 aliphatic heterocycles. The number of halogens is 3. The molecule has 8 heteroatoms. The first-order chi connectivity index (χ1) is 15.1. The van der Waals surface area contributed by atoms with E-state index in [0.29, 0.717) is 27.9 Å². The van der Waals surface area contributed by atoms with Crippen LogP contribution >= 0.6 is 0 Å². The minimum Gasteiger partial charge on any atom is -0.494 e. The van der Waals surface area contributed by atoms with Gasteiger partial charge in [0, 0.05) is 23.7 Å². The molecule has 0 spiro atoms. The van der Waals surface area contributed by atoms with Crippen molar-refractivity contribution < 1.29 is 26.7 Å². The van der Waals surface area contributed by atoms with Gasteiger partial charge in [0.1, 0.15) is 0 Å². The Bertz CT molecular complexity index is 1360. The van der Waals surface area contributed by atoms with Crippen molar-refractivity contribution >= 4 is 9.84 Å². The van der Waals surface area contributed by atoms with Crippen LogP contribution in [0.1, 0.15) is 5.56 Å². The number of aromatic nitrogens is 1. The van der Waals surface area contributed by atoms with Gasteiger partial charge in [-0.3, -0.25) is 4.57 Å². The van der Waals surface area contributed by atoms with Crippen molar-refractivity contribution in [3.63, 3.8) is 0 Å². The molecule has 0 saturated carbocycles. The van der Waals surface area contributed by atoms with Gasteiger partial charge in [-0.05, 0) is 47.5 Å². The molecule has 4 aromatic rings. The molecule has 0 aliphatic rings. The maximum Gasteiger partial charge on any atom is 0.416 e. The Balaban J connectivity index is 1.88. The molecule has 1 N–H and O–H groups in total. The quantitative estimate of drug-likeness (QED) is 0.413. The van der Waals surface area contributed by atoms with Crippen molar-refractivity contribution in [2.75, 3.05) is 6.26 Å². The molecule has 0 amide bonds. The van der Waals surface area contributed by atoms with E-state index in [4.69, 9.17) is 0 Å². The SMILES string of the molecule is CS(=O)(=O)c1ccc(-c2cn(-c3ccc(C(F)(F)F)cc3)c(O)c2-c2ccccc2)cc1. The first-order valence-electron chi connectivity index (χ1n) is 9.53. The number of hydrogen-bond donors (Lipinski definition) is 1. The fourth-order valence-corrected chi connectivity index (χ4v) is 4.12. The molecule has 164 valence electrons. The van der Waals surface area contributed by atoms with Gasteiger partial charge in [-0.2, -0.15) is 13.2 Å². The molecule has 0 aliphatic carbocycles. The van der Waals surface area contributed by atoms with Crippen LogP contribution in [-0.2, 0) is 16.0 Å². The van der Waals surface area contributed by atoms with Gasteiger partial charge < -0.3 is 5.11 Å². The van der Waals surface area contributed by atoms with Gasteiger partial charge in [0.2, 0.25) is 5.88 Å². The zero-order valence-corrected chi connectivity index (χ0v) is 17.7. The number of rotatable bonds is 4. The lowest BCUT2D eigenvalue weighted by Gasteiger charge is -2.09. The third-order valence-electron chi connectivity index (χ3n) is 5.11. The number of nitrogens with zero attached hydrogens (tertiary/aromatic N) is 1. The van der Waals surface area contributed by atoms with Crippen molar-refractivity contribution in [1.82, 2.24) is 4.57 Å². The molecule has 0 unspecified atom stereocenters. The summed E-state index contributed by atoms with van der Waals surface area (Å²) in [5.74, 6) is -0.141. The number of sulfone groups is 1. The first-order valence-corrected chi connectivity index (χ1v) is 11.4. The second-order valence-electron chi connectivity index (χ2n) is 7.32. The molecule has 1 heterocycles. The van der Waals surface area contributed by atoms with Crippen LogP contribution in [0.3, 0.4) is 0 Å². The van der Waals surface area contributed by atoms with E-state index in [1.807, 2.05) is 6.07 Å². The van der Waals surface area contributed by atoms with E-state index in [0.717, 1.165) is 18.4 Å². The van der Waals surface area contributed by atoms with Gasteiger partial charge in [0.15, 0.2) is 9.84 Å². The highest BCUT2D eigenvalue weighted by molar-refractivity contribution is 7.90. The minimum absolute atomic E-state index is 0.141. The molecule has 4 nitrogen and oxygen atoms in total. The van der Waals surface area contributed by atoms with Crippen LogP contribution in [0.2, 0.25) is 0 Å². The highest BCUT2D eigenvalue weighted by atomic mass is 32.2. The molecule has 3 aromatic carbocycles. The van der Waals surface area contributed by atoms with E-state index in [-0.39, 0.29) is 10.8 Å². The molecule has 32 heavy (non-hydrogen) atoms. The predicted octanol–water partition coefficient (Wildman–Crippen LogP) is 5.94. The Kier molecular flexibility index (Phi) is 5.34. The van der Waals surface area contributed by atoms with E-state index in [1.54, 1.807) is 42.6 Å². The molecule has 4 rings (SSSR count). The summed E-state index contributed by atoms with van der Waals surface area (Å²) in [6, 6.07) is 19.8. The average molecular weight is 457 g/mol. The molecule has 0 atom stereocenters. The smallest absolute Gasteiger partial charge is 0.416 e. The molecule has 0 bridgehead atoms. The molecular formula is C24H18F3NO3S. The van der Waals surface area contributed by atoms with Crippen molar-refractivity contribution in [2.45, 2.75) is 11.1 Å². The van der Waals surface area contributed by atoms with E-state index in [1.165, 1.54) is 28.8 Å². The highest BCUT2D eigenvalue weighted by Gasteiger charge is 2.30. The fourth-order valence-electron chi connectivity index (χ4n) is 3.49. The lowest BCUT2D eigenvalue weighted by atomic mass is 9.99. The van der Waals surface area contributed by atoms with Crippen molar-refractivity contribution in [3.8, 4) is 33.8 Å². The van der Waals surface area contributed by atoms with Gasteiger partial charge >= 0.3 is 6.18 Å². The summed E-state index contributed by atoms with van der Waals surface area (Å²) in [6.07, 6.45) is -1.72. The number of benzene rings is 3. The largest absolute Gasteiger partial charge is 0.494 e. The van der Waals surface area contributed by atoms with Gasteiger partial charge in [0.05, 0.1) is 16.0 Å². The van der Waals surface area contributed by atoms with Crippen LogP contribution in [0.25, 0.3) is 27.9 Å². The molecule has 0 saturated heterocycles. The van der Waals surface area contributed by atoms with Gasteiger partial charge in [-0.1, -0.05) is 42.5 Å². The normalized spacial score (nSPS) is 12.1. The Morgan fingerprint density at radius 2 is 1.41 bits per heavy atom. The van der Waals surface area contributed by atoms with Crippen LogP contribution in [0.15, 0.2) is 90.0 Å². The Hall–Kier alpha value is -3.52. The maximum absolute atomic E-state index is 12.9. The lowest BCUT2D eigenvalue weighted by molar-refractivity contribution is -0.137. The maximum atomic E-state index is 12.9. The number of aromatic hydroxyl groups is 1. The highest BCUT2D eigenvalue weighted by Crippen LogP contribution is 2.42. The molecular weight excluding hydrogens is 439 g/mol. The standard InChI is InChI=1S/C24H18F3NO3S/c1-32(30,31)20-13-7-16(8-14-20)21-15-28(19-11-9-18(10-12-19)24(25,26)27)23(29)22(21)17-5-3-2-4-6-17/h2-15,29H,1H3. The summed E-state index contributed by atoms with van der Waals surface area (Å²) in [5.41, 5.74) is 2.01. The summed E-state index contributed by atoms with van der Waals surface area (Å²) in [5, 5.41) is 11.0. The Morgan fingerprint density at radius 3 is 1.94 bits per heavy atom. The number of alkyl halides is 3. The average Bonchev–Trinajstić information content (AvgIpc) is 3.10. The van der Waals surface area contributed by atoms with E-state index >= 15 is 0 Å². The molecule has 0 radical (unpaired) electrons. The lowest BCUT2D eigenvalue weighted by Crippen LogP contribution is -2.04. The summed E-state index contributed by atoms with van der Waals surface area (Å²) in [7, 11) is -3.37. The minimum atomic E-state index is -4.46. The van der Waals surface area contributed by atoms with Crippen LogP contribution in [0, 0.1) is 0 Å². The summed E-state index contributed by atoms with van der Waals surface area (Å²) < 4.78 is 63.8. The molecule has 0 fully saturated rings. The zero-order chi connectivity index (χ0) is 23.1. The summed E-state index contributed by atoms with van der Waals surface area (Å²) in [6.45, 7) is 0. The van der Waals surface area contributed by atoms with E-state index < -0.39 is 21.6 Å². The van der Waals surface area contributed by atoms with Crippen molar-refractivity contribution in [3.05, 3.63) is 90.6 Å². The second-order valence-corrected chi connectivity index (χ2v) is 9.33. The third kappa shape index (κ3) is 4.13. The first kappa shape index (κ1) is 21.7. The Labute approximate surface area is 183 Å². The predicted molar refractivity (Wildman–Crippen MR) is 116 cm³/mol. The van der Waals surface area contributed by atoms with Crippen LogP contribution < -0.4 is 0 Å². The van der Waals surface area contributed by atoms with Gasteiger partial charge in [-0.25, -0.2) is 8.42 Å². The fraction of sp³-hybridized carbons (Fsp3) is 0.0833. The zero-order valence-electron chi connectivity index (χ0n) is 16.8. The summed E-state index contributed by atoms with van der Waals surface area (Å²) >= 11 is 0. The van der Waals surface area contributed by atoms with Crippen LogP contribution in [0.5, 0.6) is 5.88 Å². The van der Waals surface area contributed by atoms with Crippen molar-refractivity contribution in [2.24, 2.45) is 0 Å². The monoisotopic (exact) mass is 457 g/mol. The van der Waals surface area contributed by atoms with E-state index in [9.17, 15) is 26.7 Å².